The molecule has 0 aromatic carbocycles. The van der Waals surface area contributed by atoms with Crippen LogP contribution in [0, 0.1) is 0 Å². The van der Waals surface area contributed by atoms with Crippen LogP contribution in [0.5, 0.6) is 0 Å². The molecule has 1 unspecified atom stereocenters. The fourth-order valence-electron chi connectivity index (χ4n) is 1.91. The summed E-state index contributed by atoms with van der Waals surface area (Å²) >= 11 is 0. The molecule has 76 valence electrons. The number of hydrogen-bond donors (Lipinski definition) is 3. The summed E-state index contributed by atoms with van der Waals surface area (Å²) in [5.74, 6) is 0. The lowest BCUT2D eigenvalue weighted by molar-refractivity contribution is 0.0281. The standard InChI is InChI=1S/C10H20N2O/c13-10(8-12-9-2-3-9)4-1-6-11-7-5-10/h9,11-13H,1-8H2. The summed E-state index contributed by atoms with van der Waals surface area (Å²) in [6.45, 7) is 2.81. The van der Waals surface area contributed by atoms with E-state index >= 15 is 0 Å². The predicted octanol–water partition coefficient (Wildman–Crippen LogP) is 0.243. The van der Waals surface area contributed by atoms with E-state index in [0.29, 0.717) is 6.04 Å². The minimum Gasteiger partial charge on any atom is -0.389 e. The highest BCUT2D eigenvalue weighted by Gasteiger charge is 2.30. The van der Waals surface area contributed by atoms with Gasteiger partial charge in [-0.1, -0.05) is 0 Å². The van der Waals surface area contributed by atoms with Gasteiger partial charge < -0.3 is 15.7 Å². The Labute approximate surface area is 79.9 Å². The molecule has 1 aliphatic heterocycles. The van der Waals surface area contributed by atoms with Gasteiger partial charge in [-0.05, 0) is 45.2 Å². The number of hydrogen-bond acceptors (Lipinski definition) is 3. The average molecular weight is 184 g/mol. The highest BCUT2D eigenvalue weighted by Crippen LogP contribution is 2.23. The van der Waals surface area contributed by atoms with Crippen molar-refractivity contribution in [2.75, 3.05) is 19.6 Å². The molecule has 0 amide bonds. The van der Waals surface area contributed by atoms with E-state index in [2.05, 4.69) is 10.6 Å². The third-order valence-electron chi connectivity index (χ3n) is 3.06. The van der Waals surface area contributed by atoms with Crippen molar-refractivity contribution >= 4 is 0 Å². The topological polar surface area (TPSA) is 44.3 Å². The Bertz CT molecular complexity index is 160. The van der Waals surface area contributed by atoms with Gasteiger partial charge in [0.25, 0.3) is 0 Å². The van der Waals surface area contributed by atoms with E-state index in [9.17, 15) is 5.11 Å². The van der Waals surface area contributed by atoms with Crippen LogP contribution < -0.4 is 10.6 Å². The SMILES string of the molecule is OC1(CNC2CC2)CCCNCC1. The van der Waals surface area contributed by atoms with Gasteiger partial charge in [0.05, 0.1) is 5.60 Å². The molecule has 1 saturated heterocycles. The van der Waals surface area contributed by atoms with Crippen molar-refractivity contribution in [3.05, 3.63) is 0 Å². The highest BCUT2D eigenvalue weighted by molar-refractivity contribution is 4.89. The molecule has 2 rings (SSSR count). The molecule has 0 aromatic heterocycles. The van der Waals surface area contributed by atoms with Crippen LogP contribution in [0.25, 0.3) is 0 Å². The van der Waals surface area contributed by atoms with Crippen molar-refractivity contribution in [2.45, 2.75) is 43.7 Å². The summed E-state index contributed by atoms with van der Waals surface area (Å²) in [6.07, 6.45) is 5.54. The second-order valence-electron chi connectivity index (χ2n) is 4.48. The fraction of sp³-hybridized carbons (Fsp3) is 1.00. The van der Waals surface area contributed by atoms with Gasteiger partial charge in [0.2, 0.25) is 0 Å². The van der Waals surface area contributed by atoms with Crippen LogP contribution >= 0.6 is 0 Å². The lowest BCUT2D eigenvalue weighted by atomic mass is 9.95. The van der Waals surface area contributed by atoms with Gasteiger partial charge in [-0.15, -0.1) is 0 Å². The van der Waals surface area contributed by atoms with Crippen molar-refractivity contribution in [3.8, 4) is 0 Å². The second-order valence-corrected chi connectivity index (χ2v) is 4.48. The molecule has 3 nitrogen and oxygen atoms in total. The van der Waals surface area contributed by atoms with Crippen molar-refractivity contribution < 1.29 is 5.11 Å². The molecule has 0 aromatic rings. The lowest BCUT2D eigenvalue weighted by Crippen LogP contribution is -2.42. The molecule has 0 spiro atoms. The number of rotatable bonds is 3. The Morgan fingerprint density at radius 3 is 2.92 bits per heavy atom. The summed E-state index contributed by atoms with van der Waals surface area (Å²) in [5.41, 5.74) is -0.438. The molecule has 1 saturated carbocycles. The third-order valence-corrected chi connectivity index (χ3v) is 3.06. The van der Waals surface area contributed by atoms with Gasteiger partial charge >= 0.3 is 0 Å². The highest BCUT2D eigenvalue weighted by atomic mass is 16.3. The van der Waals surface area contributed by atoms with Crippen molar-refractivity contribution in [3.63, 3.8) is 0 Å². The molecule has 2 fully saturated rings. The van der Waals surface area contributed by atoms with E-state index < -0.39 is 5.60 Å². The van der Waals surface area contributed by atoms with E-state index in [0.717, 1.165) is 38.9 Å². The Hall–Kier alpha value is -0.120. The van der Waals surface area contributed by atoms with Crippen LogP contribution in [0.15, 0.2) is 0 Å². The number of nitrogens with one attached hydrogen (secondary N) is 2. The quantitative estimate of drug-likeness (QED) is 0.589. The molecule has 3 heteroatoms. The van der Waals surface area contributed by atoms with Crippen molar-refractivity contribution in [2.24, 2.45) is 0 Å². The molecule has 0 radical (unpaired) electrons. The Balaban J connectivity index is 1.76. The van der Waals surface area contributed by atoms with Crippen LogP contribution in [0.2, 0.25) is 0 Å². The first kappa shape index (κ1) is 9.44. The second kappa shape index (κ2) is 3.95. The molecule has 13 heavy (non-hydrogen) atoms. The molecular formula is C10H20N2O. The maximum Gasteiger partial charge on any atom is 0.0784 e. The van der Waals surface area contributed by atoms with Crippen molar-refractivity contribution in [1.82, 2.24) is 10.6 Å². The van der Waals surface area contributed by atoms with Crippen LogP contribution in [-0.4, -0.2) is 36.4 Å². The Kier molecular flexibility index (Phi) is 2.86. The maximum atomic E-state index is 10.2. The smallest absolute Gasteiger partial charge is 0.0784 e. The monoisotopic (exact) mass is 184 g/mol. The summed E-state index contributed by atoms with van der Waals surface area (Å²) in [4.78, 5) is 0. The maximum absolute atomic E-state index is 10.2. The van der Waals surface area contributed by atoms with Gasteiger partial charge in [0.15, 0.2) is 0 Å². The van der Waals surface area contributed by atoms with Gasteiger partial charge in [-0.2, -0.15) is 0 Å². The Morgan fingerprint density at radius 2 is 2.15 bits per heavy atom. The molecule has 3 N–H and O–H groups in total. The molecule has 1 atom stereocenters. The minimum absolute atomic E-state index is 0.438. The molecule has 2 aliphatic rings. The largest absolute Gasteiger partial charge is 0.389 e. The lowest BCUT2D eigenvalue weighted by Gasteiger charge is -2.26. The van der Waals surface area contributed by atoms with Crippen LogP contribution in [0.3, 0.4) is 0 Å². The average Bonchev–Trinajstić information content (AvgIpc) is 2.89. The first-order valence-corrected chi connectivity index (χ1v) is 5.45. The fourth-order valence-corrected chi connectivity index (χ4v) is 1.91. The first-order chi connectivity index (χ1) is 6.29. The van der Waals surface area contributed by atoms with Gasteiger partial charge in [0, 0.05) is 12.6 Å². The van der Waals surface area contributed by atoms with Crippen LogP contribution in [0.1, 0.15) is 32.1 Å². The van der Waals surface area contributed by atoms with Gasteiger partial charge in [-0.3, -0.25) is 0 Å². The summed E-state index contributed by atoms with van der Waals surface area (Å²) < 4.78 is 0. The molecule has 0 bridgehead atoms. The first-order valence-electron chi connectivity index (χ1n) is 5.45. The number of aliphatic hydroxyl groups is 1. The van der Waals surface area contributed by atoms with Gasteiger partial charge in [-0.25, -0.2) is 0 Å². The minimum atomic E-state index is -0.438. The summed E-state index contributed by atoms with van der Waals surface area (Å²) in [6, 6.07) is 0.709. The summed E-state index contributed by atoms with van der Waals surface area (Å²) in [7, 11) is 0. The molecule has 1 heterocycles. The third kappa shape index (κ3) is 2.93. The van der Waals surface area contributed by atoms with Crippen molar-refractivity contribution in [1.29, 1.82) is 0 Å². The summed E-state index contributed by atoms with van der Waals surface area (Å²) in [5, 5.41) is 17.0. The normalized spacial score (nSPS) is 35.8. The molecular weight excluding hydrogens is 164 g/mol. The van der Waals surface area contributed by atoms with E-state index in [1.54, 1.807) is 0 Å². The zero-order valence-electron chi connectivity index (χ0n) is 8.18. The molecule has 1 aliphatic carbocycles. The van der Waals surface area contributed by atoms with E-state index in [1.165, 1.54) is 12.8 Å². The predicted molar refractivity (Wildman–Crippen MR) is 52.7 cm³/mol. The van der Waals surface area contributed by atoms with E-state index in [4.69, 9.17) is 0 Å². The van der Waals surface area contributed by atoms with E-state index in [-0.39, 0.29) is 0 Å². The zero-order chi connectivity index (χ0) is 9.15. The Morgan fingerprint density at radius 1 is 1.31 bits per heavy atom. The van der Waals surface area contributed by atoms with Crippen LogP contribution in [-0.2, 0) is 0 Å². The van der Waals surface area contributed by atoms with Crippen LogP contribution in [0.4, 0.5) is 0 Å². The van der Waals surface area contributed by atoms with E-state index in [1.807, 2.05) is 0 Å². The van der Waals surface area contributed by atoms with Gasteiger partial charge in [0.1, 0.15) is 0 Å². The zero-order valence-corrected chi connectivity index (χ0v) is 8.18.